The summed E-state index contributed by atoms with van der Waals surface area (Å²) in [6, 6.07) is 4.80. The molecule has 1 rings (SSSR count). The monoisotopic (exact) mass is 271 g/mol. The van der Waals surface area contributed by atoms with Gasteiger partial charge in [0.2, 0.25) is 10.0 Å². The molecule has 0 aliphatic carbocycles. The maximum atomic E-state index is 12.0. The van der Waals surface area contributed by atoms with E-state index in [2.05, 4.69) is 4.72 Å². The third kappa shape index (κ3) is 4.29. The zero-order valence-electron chi connectivity index (χ0n) is 11.1. The van der Waals surface area contributed by atoms with Gasteiger partial charge in [0.25, 0.3) is 0 Å². The van der Waals surface area contributed by atoms with Gasteiger partial charge in [0.15, 0.2) is 0 Å². The Kier molecular flexibility index (Phi) is 5.13. The average Bonchev–Trinajstić information content (AvgIpc) is 2.23. The molecule has 6 heteroatoms. The molecule has 1 aromatic rings. The molecule has 0 amide bonds. The maximum Gasteiger partial charge on any atom is 0.240 e. The molecule has 0 unspecified atom stereocenters. The highest BCUT2D eigenvalue weighted by atomic mass is 32.2. The molecule has 0 radical (unpaired) electrons. The first-order chi connectivity index (χ1) is 8.33. The zero-order chi connectivity index (χ0) is 13.8. The van der Waals surface area contributed by atoms with E-state index in [1.807, 2.05) is 19.0 Å². The van der Waals surface area contributed by atoms with Crippen LogP contribution in [0, 0.1) is 6.92 Å². The Morgan fingerprint density at radius 1 is 1.33 bits per heavy atom. The lowest BCUT2D eigenvalue weighted by Gasteiger charge is -2.11. The summed E-state index contributed by atoms with van der Waals surface area (Å²) in [4.78, 5) is 2.31. The second kappa shape index (κ2) is 6.17. The number of benzene rings is 1. The average molecular weight is 271 g/mol. The number of anilines is 1. The molecule has 0 fully saturated rings. The Labute approximate surface area is 109 Å². The van der Waals surface area contributed by atoms with Crippen LogP contribution in [0.3, 0.4) is 0 Å². The fourth-order valence-corrected chi connectivity index (χ4v) is 2.95. The molecule has 0 saturated heterocycles. The standard InChI is InChI=1S/C12H21N3O2S/c1-10-9-11(13)5-6-12(10)18(16,17)14-7-4-8-15(2)3/h5-6,9,14H,4,7-8,13H2,1-3H3. The maximum absolute atomic E-state index is 12.0. The van der Waals surface area contributed by atoms with Crippen LogP contribution in [0.2, 0.25) is 0 Å². The molecule has 18 heavy (non-hydrogen) atoms. The van der Waals surface area contributed by atoms with Gasteiger partial charge >= 0.3 is 0 Å². The third-order valence-electron chi connectivity index (χ3n) is 2.56. The summed E-state index contributed by atoms with van der Waals surface area (Å²) in [5.74, 6) is 0. The van der Waals surface area contributed by atoms with Gasteiger partial charge in [-0.15, -0.1) is 0 Å². The topological polar surface area (TPSA) is 75.4 Å². The van der Waals surface area contributed by atoms with Crippen LogP contribution in [0.15, 0.2) is 23.1 Å². The summed E-state index contributed by atoms with van der Waals surface area (Å²) in [6.45, 7) is 3.03. The van der Waals surface area contributed by atoms with Gasteiger partial charge in [0.05, 0.1) is 4.90 Å². The molecule has 0 spiro atoms. The lowest BCUT2D eigenvalue weighted by atomic mass is 10.2. The molecule has 0 bridgehead atoms. The van der Waals surface area contributed by atoms with Gasteiger partial charge < -0.3 is 10.6 Å². The Balaban J connectivity index is 2.69. The molecular weight excluding hydrogens is 250 g/mol. The van der Waals surface area contributed by atoms with E-state index in [0.717, 1.165) is 13.0 Å². The molecule has 0 aliphatic heterocycles. The van der Waals surface area contributed by atoms with Crippen LogP contribution in [-0.4, -0.2) is 40.5 Å². The number of nitrogens with zero attached hydrogens (tertiary/aromatic N) is 1. The quantitative estimate of drug-likeness (QED) is 0.593. The minimum atomic E-state index is -3.43. The van der Waals surface area contributed by atoms with Crippen molar-refractivity contribution in [2.45, 2.75) is 18.2 Å². The number of rotatable bonds is 6. The fraction of sp³-hybridized carbons (Fsp3) is 0.500. The Hall–Kier alpha value is -1.11. The highest BCUT2D eigenvalue weighted by Gasteiger charge is 2.15. The van der Waals surface area contributed by atoms with Crippen LogP contribution < -0.4 is 10.5 Å². The van der Waals surface area contributed by atoms with Crippen LogP contribution in [-0.2, 0) is 10.0 Å². The van der Waals surface area contributed by atoms with E-state index in [1.165, 1.54) is 0 Å². The molecule has 102 valence electrons. The first-order valence-electron chi connectivity index (χ1n) is 5.83. The van der Waals surface area contributed by atoms with Gasteiger partial charge in [-0.3, -0.25) is 0 Å². The molecule has 0 saturated carbocycles. The van der Waals surface area contributed by atoms with Crippen molar-refractivity contribution in [1.29, 1.82) is 0 Å². The SMILES string of the molecule is Cc1cc(N)ccc1S(=O)(=O)NCCCN(C)C. The molecule has 0 aliphatic rings. The number of nitrogens with one attached hydrogen (secondary N) is 1. The summed E-state index contributed by atoms with van der Waals surface area (Å²) >= 11 is 0. The first kappa shape index (κ1) is 14.9. The number of aryl methyl sites for hydroxylation is 1. The molecule has 0 heterocycles. The van der Waals surface area contributed by atoms with Crippen LogP contribution >= 0.6 is 0 Å². The van der Waals surface area contributed by atoms with Crippen molar-refractivity contribution in [1.82, 2.24) is 9.62 Å². The van der Waals surface area contributed by atoms with E-state index < -0.39 is 10.0 Å². The lowest BCUT2D eigenvalue weighted by molar-refractivity contribution is 0.400. The van der Waals surface area contributed by atoms with Crippen LogP contribution in [0.4, 0.5) is 5.69 Å². The van der Waals surface area contributed by atoms with E-state index in [0.29, 0.717) is 22.7 Å². The van der Waals surface area contributed by atoms with Crippen LogP contribution in [0.5, 0.6) is 0 Å². The van der Waals surface area contributed by atoms with E-state index in [-0.39, 0.29) is 0 Å². The summed E-state index contributed by atoms with van der Waals surface area (Å²) < 4.78 is 26.7. The highest BCUT2D eigenvalue weighted by Crippen LogP contribution is 2.17. The van der Waals surface area contributed by atoms with E-state index in [4.69, 9.17) is 5.73 Å². The predicted molar refractivity (Wildman–Crippen MR) is 74.0 cm³/mol. The molecule has 0 aromatic heterocycles. The smallest absolute Gasteiger partial charge is 0.240 e. The number of nitrogen functional groups attached to an aromatic ring is 1. The molecular formula is C12H21N3O2S. The van der Waals surface area contributed by atoms with Crippen molar-refractivity contribution < 1.29 is 8.42 Å². The van der Waals surface area contributed by atoms with Crippen molar-refractivity contribution >= 4 is 15.7 Å². The Morgan fingerprint density at radius 3 is 2.56 bits per heavy atom. The van der Waals surface area contributed by atoms with Gasteiger partial charge in [0.1, 0.15) is 0 Å². The Bertz CT molecular complexity index is 498. The predicted octanol–water partition coefficient (Wildman–Crippen LogP) is 0.807. The van der Waals surface area contributed by atoms with Crippen LogP contribution in [0.1, 0.15) is 12.0 Å². The number of nitrogens with two attached hydrogens (primary N) is 1. The largest absolute Gasteiger partial charge is 0.399 e. The first-order valence-corrected chi connectivity index (χ1v) is 7.32. The highest BCUT2D eigenvalue weighted by molar-refractivity contribution is 7.89. The van der Waals surface area contributed by atoms with Crippen molar-refractivity contribution in [3.05, 3.63) is 23.8 Å². The van der Waals surface area contributed by atoms with E-state index in [9.17, 15) is 8.42 Å². The molecule has 3 N–H and O–H groups in total. The van der Waals surface area contributed by atoms with E-state index in [1.54, 1.807) is 25.1 Å². The van der Waals surface area contributed by atoms with Gasteiger partial charge in [-0.2, -0.15) is 0 Å². The van der Waals surface area contributed by atoms with Gasteiger partial charge in [-0.1, -0.05) is 0 Å². The lowest BCUT2D eigenvalue weighted by Crippen LogP contribution is -2.27. The van der Waals surface area contributed by atoms with Gasteiger partial charge in [-0.25, -0.2) is 13.1 Å². The minimum Gasteiger partial charge on any atom is -0.399 e. The van der Waals surface area contributed by atoms with Gasteiger partial charge in [0, 0.05) is 12.2 Å². The van der Waals surface area contributed by atoms with Crippen molar-refractivity contribution in [3.8, 4) is 0 Å². The summed E-state index contributed by atoms with van der Waals surface area (Å²) in [5.41, 5.74) is 6.84. The zero-order valence-corrected chi connectivity index (χ0v) is 11.9. The van der Waals surface area contributed by atoms with Crippen molar-refractivity contribution in [3.63, 3.8) is 0 Å². The van der Waals surface area contributed by atoms with Crippen molar-refractivity contribution in [2.24, 2.45) is 0 Å². The summed E-state index contributed by atoms with van der Waals surface area (Å²) in [7, 11) is 0.484. The second-order valence-electron chi connectivity index (χ2n) is 4.58. The third-order valence-corrected chi connectivity index (χ3v) is 4.18. The van der Waals surface area contributed by atoms with Crippen molar-refractivity contribution in [2.75, 3.05) is 32.9 Å². The number of hydrogen-bond acceptors (Lipinski definition) is 4. The Morgan fingerprint density at radius 2 is 2.00 bits per heavy atom. The van der Waals surface area contributed by atoms with Gasteiger partial charge in [-0.05, 0) is 57.7 Å². The fourth-order valence-electron chi connectivity index (χ4n) is 1.65. The molecule has 0 atom stereocenters. The van der Waals surface area contributed by atoms with Crippen LogP contribution in [0.25, 0.3) is 0 Å². The summed E-state index contributed by atoms with van der Waals surface area (Å²) in [6.07, 6.45) is 0.778. The molecule has 1 aromatic carbocycles. The summed E-state index contributed by atoms with van der Waals surface area (Å²) in [5, 5.41) is 0. The second-order valence-corrected chi connectivity index (χ2v) is 6.31. The number of sulfonamides is 1. The minimum absolute atomic E-state index is 0.293. The molecule has 5 nitrogen and oxygen atoms in total. The van der Waals surface area contributed by atoms with E-state index >= 15 is 0 Å². The normalized spacial score (nSPS) is 12.0. The number of hydrogen-bond donors (Lipinski definition) is 2.